The van der Waals surface area contributed by atoms with Crippen molar-refractivity contribution in [1.82, 2.24) is 9.91 Å². The Balaban J connectivity index is 2.84. The van der Waals surface area contributed by atoms with Crippen LogP contribution in [0.3, 0.4) is 0 Å². The van der Waals surface area contributed by atoms with E-state index in [-0.39, 0.29) is 17.9 Å². The van der Waals surface area contributed by atoms with E-state index >= 15 is 0 Å². The number of hydrazine groups is 1. The maximum atomic E-state index is 12.6. The molecule has 0 aromatic rings. The minimum Gasteiger partial charge on any atom is -0.401 e. The molecule has 1 saturated heterocycles. The molecule has 1 fully saturated rings. The molecule has 0 saturated carbocycles. The first-order valence-corrected chi connectivity index (χ1v) is 6.62. The Labute approximate surface area is 110 Å². The van der Waals surface area contributed by atoms with Gasteiger partial charge in [0, 0.05) is 24.5 Å². The average molecular weight is 254 g/mol. The van der Waals surface area contributed by atoms with Crippen LogP contribution in [0.5, 0.6) is 0 Å². The Morgan fingerprint density at radius 3 is 2.50 bits per heavy atom. The van der Waals surface area contributed by atoms with Gasteiger partial charge in [0.2, 0.25) is 5.91 Å². The predicted octanol–water partition coefficient (Wildman–Crippen LogP) is 1.02. The molecular weight excluding hydrogens is 228 g/mol. The number of carbonyl (C=O) groups excluding carboxylic acids is 1. The zero-order chi connectivity index (χ0) is 13.9. The fraction of sp³-hybridized carbons (Fsp3) is 0.769. The topological polar surface area (TPSA) is 75.6 Å². The molecule has 1 amide bonds. The lowest BCUT2D eigenvalue weighted by Crippen LogP contribution is -2.53. The smallest absolute Gasteiger partial charge is 0.247 e. The van der Waals surface area contributed by atoms with Crippen molar-refractivity contribution in [2.24, 2.45) is 17.5 Å². The molecule has 2 atom stereocenters. The molecule has 0 bridgehead atoms. The van der Waals surface area contributed by atoms with E-state index < -0.39 is 0 Å². The van der Waals surface area contributed by atoms with E-state index in [9.17, 15) is 4.79 Å². The Bertz CT molecular complexity index is 323. The van der Waals surface area contributed by atoms with Gasteiger partial charge in [0.25, 0.3) is 0 Å². The highest BCUT2D eigenvalue weighted by molar-refractivity contribution is 5.82. The molecule has 0 spiro atoms. The number of amides is 1. The van der Waals surface area contributed by atoms with Gasteiger partial charge >= 0.3 is 0 Å². The number of carbonyl (C=O) groups is 1. The quantitative estimate of drug-likeness (QED) is 0.580. The van der Waals surface area contributed by atoms with Crippen LogP contribution in [0.1, 0.15) is 40.5 Å². The molecule has 5 heteroatoms. The van der Waals surface area contributed by atoms with E-state index in [1.54, 1.807) is 13.1 Å². The lowest BCUT2D eigenvalue weighted by Gasteiger charge is -2.33. The van der Waals surface area contributed by atoms with Crippen LogP contribution in [0, 0.1) is 5.92 Å². The Hall–Kier alpha value is -1.23. The molecule has 1 aliphatic heterocycles. The fourth-order valence-electron chi connectivity index (χ4n) is 2.50. The maximum Gasteiger partial charge on any atom is 0.247 e. The SMILES string of the molecule is C/C(N)=C/N(N)C(C(=O)N1CCCC1C)C(C)C. The normalized spacial score (nSPS) is 22.4. The summed E-state index contributed by atoms with van der Waals surface area (Å²) < 4.78 is 0. The van der Waals surface area contributed by atoms with Crippen molar-refractivity contribution >= 4 is 5.91 Å². The molecule has 1 heterocycles. The zero-order valence-electron chi connectivity index (χ0n) is 11.9. The van der Waals surface area contributed by atoms with Crippen LogP contribution in [-0.4, -0.2) is 34.4 Å². The monoisotopic (exact) mass is 254 g/mol. The van der Waals surface area contributed by atoms with E-state index in [1.165, 1.54) is 5.01 Å². The van der Waals surface area contributed by atoms with Gasteiger partial charge in [-0.2, -0.15) is 0 Å². The third kappa shape index (κ3) is 3.38. The summed E-state index contributed by atoms with van der Waals surface area (Å²) in [4.78, 5) is 14.5. The molecule has 18 heavy (non-hydrogen) atoms. The van der Waals surface area contributed by atoms with Gasteiger partial charge in [0.05, 0.1) is 0 Å². The van der Waals surface area contributed by atoms with Crippen LogP contribution in [-0.2, 0) is 4.79 Å². The fourth-order valence-corrected chi connectivity index (χ4v) is 2.50. The number of hydrogen-bond donors (Lipinski definition) is 2. The molecule has 2 unspecified atom stereocenters. The van der Waals surface area contributed by atoms with Crippen LogP contribution in [0.4, 0.5) is 0 Å². The summed E-state index contributed by atoms with van der Waals surface area (Å²) in [6.07, 6.45) is 3.78. The van der Waals surface area contributed by atoms with E-state index in [1.807, 2.05) is 18.7 Å². The predicted molar refractivity (Wildman–Crippen MR) is 73.0 cm³/mol. The van der Waals surface area contributed by atoms with Crippen LogP contribution in [0.25, 0.3) is 0 Å². The molecule has 1 rings (SSSR count). The van der Waals surface area contributed by atoms with E-state index in [0.29, 0.717) is 11.7 Å². The van der Waals surface area contributed by atoms with E-state index in [0.717, 1.165) is 19.4 Å². The maximum absolute atomic E-state index is 12.6. The van der Waals surface area contributed by atoms with Crippen LogP contribution >= 0.6 is 0 Å². The van der Waals surface area contributed by atoms with Crippen molar-refractivity contribution in [2.75, 3.05) is 6.54 Å². The summed E-state index contributed by atoms with van der Waals surface area (Å²) in [6, 6.07) is -0.0286. The van der Waals surface area contributed by atoms with E-state index in [4.69, 9.17) is 11.6 Å². The molecule has 5 nitrogen and oxygen atoms in total. The molecule has 0 radical (unpaired) electrons. The Morgan fingerprint density at radius 1 is 1.50 bits per heavy atom. The molecule has 4 N–H and O–H groups in total. The van der Waals surface area contributed by atoms with Crippen molar-refractivity contribution in [1.29, 1.82) is 0 Å². The second kappa shape index (κ2) is 6.09. The summed E-state index contributed by atoms with van der Waals surface area (Å²) in [5.74, 6) is 6.21. The number of allylic oxidation sites excluding steroid dienone is 1. The van der Waals surface area contributed by atoms with Crippen molar-refractivity contribution in [2.45, 2.75) is 52.6 Å². The van der Waals surface area contributed by atoms with Crippen LogP contribution < -0.4 is 11.6 Å². The molecule has 0 aromatic heterocycles. The van der Waals surface area contributed by atoms with Crippen LogP contribution in [0.2, 0.25) is 0 Å². The number of nitrogens with two attached hydrogens (primary N) is 2. The number of likely N-dealkylation sites (tertiary alicyclic amines) is 1. The Morgan fingerprint density at radius 2 is 2.11 bits per heavy atom. The standard InChI is InChI=1S/C13H26N4O/c1-9(2)12(17(15)8-10(3)14)13(18)16-7-5-6-11(16)4/h8-9,11-12H,5-7,14-15H2,1-4H3/b10-8-. The second-order valence-corrected chi connectivity index (χ2v) is 5.53. The van der Waals surface area contributed by atoms with E-state index in [2.05, 4.69) is 6.92 Å². The van der Waals surface area contributed by atoms with Gasteiger partial charge in [-0.3, -0.25) is 4.79 Å². The lowest BCUT2D eigenvalue weighted by molar-refractivity contribution is -0.138. The van der Waals surface area contributed by atoms with Gasteiger partial charge in [0.1, 0.15) is 6.04 Å². The molecule has 1 aliphatic rings. The van der Waals surface area contributed by atoms with Gasteiger partial charge in [0.15, 0.2) is 0 Å². The first-order valence-electron chi connectivity index (χ1n) is 6.62. The molecule has 104 valence electrons. The van der Waals surface area contributed by atoms with Crippen molar-refractivity contribution < 1.29 is 4.79 Å². The number of hydrogen-bond acceptors (Lipinski definition) is 4. The van der Waals surface area contributed by atoms with Crippen LogP contribution in [0.15, 0.2) is 11.9 Å². The molecule has 0 aromatic carbocycles. The minimum absolute atomic E-state index is 0.106. The average Bonchev–Trinajstić information content (AvgIpc) is 2.62. The molecular formula is C13H26N4O. The lowest BCUT2D eigenvalue weighted by atomic mass is 10.0. The Kier molecular flexibility index (Phi) is 5.02. The van der Waals surface area contributed by atoms with Crippen molar-refractivity contribution in [3.63, 3.8) is 0 Å². The first kappa shape index (κ1) is 14.8. The van der Waals surface area contributed by atoms with Gasteiger partial charge in [-0.15, -0.1) is 0 Å². The van der Waals surface area contributed by atoms with Gasteiger partial charge in [-0.25, -0.2) is 5.84 Å². The van der Waals surface area contributed by atoms with Gasteiger partial charge < -0.3 is 15.6 Å². The van der Waals surface area contributed by atoms with Gasteiger partial charge in [-0.1, -0.05) is 13.8 Å². The summed E-state index contributed by atoms with van der Waals surface area (Å²) >= 11 is 0. The first-order chi connectivity index (χ1) is 8.34. The highest BCUT2D eigenvalue weighted by atomic mass is 16.2. The third-order valence-electron chi connectivity index (χ3n) is 3.39. The summed E-state index contributed by atoms with van der Waals surface area (Å²) in [7, 11) is 0. The zero-order valence-corrected chi connectivity index (χ0v) is 11.9. The second-order valence-electron chi connectivity index (χ2n) is 5.53. The van der Waals surface area contributed by atoms with Crippen molar-refractivity contribution in [3.8, 4) is 0 Å². The molecule has 0 aliphatic carbocycles. The highest BCUT2D eigenvalue weighted by Gasteiger charge is 2.34. The third-order valence-corrected chi connectivity index (χ3v) is 3.39. The number of nitrogens with zero attached hydrogens (tertiary/aromatic N) is 2. The summed E-state index contributed by atoms with van der Waals surface area (Å²) in [5.41, 5.74) is 6.23. The highest BCUT2D eigenvalue weighted by Crippen LogP contribution is 2.21. The largest absolute Gasteiger partial charge is 0.401 e. The summed E-state index contributed by atoms with van der Waals surface area (Å²) in [6.45, 7) is 8.70. The minimum atomic E-state index is -0.343. The summed E-state index contributed by atoms with van der Waals surface area (Å²) in [5, 5.41) is 1.45. The van der Waals surface area contributed by atoms with Crippen molar-refractivity contribution in [3.05, 3.63) is 11.9 Å². The van der Waals surface area contributed by atoms with Gasteiger partial charge in [-0.05, 0) is 32.6 Å². The number of rotatable bonds is 4.